The SMILES string of the molecule is C[C@]12CCC(NCCN3CCOCC3)CC1CCC1C2CC[C@]2(C)[C@@H](c3ccc(=O)oc3)CC[C@]12O. The summed E-state index contributed by atoms with van der Waals surface area (Å²) in [7, 11) is 0. The lowest BCUT2D eigenvalue weighted by Crippen LogP contribution is -2.62. The van der Waals surface area contributed by atoms with Crippen molar-refractivity contribution in [2.75, 3.05) is 39.4 Å². The molecule has 6 rings (SSSR count). The summed E-state index contributed by atoms with van der Waals surface area (Å²) in [5.41, 5.74) is 0.390. The summed E-state index contributed by atoms with van der Waals surface area (Å²) >= 11 is 0. The van der Waals surface area contributed by atoms with Crippen molar-refractivity contribution in [1.29, 1.82) is 0 Å². The molecular weight excluding hydrogens is 452 g/mol. The summed E-state index contributed by atoms with van der Waals surface area (Å²) < 4.78 is 10.7. The van der Waals surface area contributed by atoms with Crippen molar-refractivity contribution in [3.63, 3.8) is 0 Å². The molecule has 4 saturated carbocycles. The summed E-state index contributed by atoms with van der Waals surface area (Å²) in [5, 5.41) is 16.3. The van der Waals surface area contributed by atoms with Crippen LogP contribution in [0.25, 0.3) is 0 Å². The van der Waals surface area contributed by atoms with E-state index in [0.29, 0.717) is 23.3 Å². The van der Waals surface area contributed by atoms with Crippen LogP contribution in [0, 0.1) is 28.6 Å². The molecule has 0 amide bonds. The number of aliphatic hydroxyl groups is 1. The Hall–Kier alpha value is -1.21. The Morgan fingerprint density at radius 1 is 1.03 bits per heavy atom. The van der Waals surface area contributed by atoms with Crippen LogP contribution in [0.4, 0.5) is 0 Å². The molecule has 0 bridgehead atoms. The molecule has 36 heavy (non-hydrogen) atoms. The molecule has 4 aliphatic carbocycles. The van der Waals surface area contributed by atoms with E-state index in [1.807, 2.05) is 6.07 Å². The summed E-state index contributed by atoms with van der Waals surface area (Å²) in [4.78, 5) is 14.1. The Labute approximate surface area is 216 Å². The molecule has 1 aliphatic heterocycles. The van der Waals surface area contributed by atoms with Crippen LogP contribution in [-0.4, -0.2) is 61.0 Å². The van der Waals surface area contributed by atoms with Crippen molar-refractivity contribution in [3.8, 4) is 0 Å². The van der Waals surface area contributed by atoms with Gasteiger partial charge in [0.15, 0.2) is 0 Å². The average Bonchev–Trinajstić information content (AvgIpc) is 3.16. The average molecular weight is 499 g/mol. The van der Waals surface area contributed by atoms with Gasteiger partial charge in [-0.3, -0.25) is 4.90 Å². The topological polar surface area (TPSA) is 74.9 Å². The number of rotatable bonds is 5. The Balaban J connectivity index is 1.12. The molecule has 6 heteroatoms. The molecule has 0 spiro atoms. The third kappa shape index (κ3) is 4.02. The van der Waals surface area contributed by atoms with Crippen molar-refractivity contribution >= 4 is 0 Å². The van der Waals surface area contributed by atoms with E-state index < -0.39 is 5.60 Å². The van der Waals surface area contributed by atoms with Crippen LogP contribution in [0.2, 0.25) is 0 Å². The van der Waals surface area contributed by atoms with E-state index in [0.717, 1.165) is 76.6 Å². The van der Waals surface area contributed by atoms with Gasteiger partial charge in [0.25, 0.3) is 0 Å². The van der Waals surface area contributed by atoms with Gasteiger partial charge in [0.2, 0.25) is 0 Å². The van der Waals surface area contributed by atoms with Gasteiger partial charge in [-0.15, -0.1) is 0 Å². The normalized spacial score (nSPS) is 45.0. The molecular formula is C30H46N2O4. The van der Waals surface area contributed by atoms with Crippen LogP contribution in [0.3, 0.4) is 0 Å². The summed E-state index contributed by atoms with van der Waals surface area (Å²) in [6.07, 6.45) is 12.1. The smallest absolute Gasteiger partial charge is 0.335 e. The Kier molecular flexibility index (Phi) is 6.63. The van der Waals surface area contributed by atoms with Gasteiger partial charge in [0, 0.05) is 43.7 Å². The molecule has 1 aromatic rings. The van der Waals surface area contributed by atoms with Crippen molar-refractivity contribution in [2.45, 2.75) is 89.2 Å². The highest BCUT2D eigenvalue weighted by Crippen LogP contribution is 2.70. The second-order valence-corrected chi connectivity index (χ2v) is 13.2. The van der Waals surface area contributed by atoms with Crippen LogP contribution in [0.5, 0.6) is 0 Å². The largest absolute Gasteiger partial charge is 0.431 e. The third-order valence-electron chi connectivity index (χ3n) is 11.9. The fourth-order valence-electron chi connectivity index (χ4n) is 9.76. The Morgan fingerprint density at radius 2 is 1.86 bits per heavy atom. The lowest BCUT2D eigenvalue weighted by atomic mass is 9.43. The van der Waals surface area contributed by atoms with Gasteiger partial charge < -0.3 is 19.6 Å². The number of nitrogens with one attached hydrogen (secondary N) is 1. The number of ether oxygens (including phenoxy) is 1. The molecule has 0 radical (unpaired) electrons. The first-order chi connectivity index (χ1) is 17.3. The monoisotopic (exact) mass is 498 g/mol. The van der Waals surface area contributed by atoms with Gasteiger partial charge in [-0.2, -0.15) is 0 Å². The first-order valence-corrected chi connectivity index (χ1v) is 14.7. The highest BCUT2D eigenvalue weighted by atomic mass is 16.5. The number of hydrogen-bond acceptors (Lipinski definition) is 6. The third-order valence-corrected chi connectivity index (χ3v) is 11.9. The summed E-state index contributed by atoms with van der Waals surface area (Å²) in [6, 6.07) is 4.12. The van der Waals surface area contributed by atoms with Crippen LogP contribution in [-0.2, 0) is 4.74 Å². The minimum atomic E-state index is -0.613. The Bertz CT molecular complexity index is 971. The molecule has 200 valence electrons. The van der Waals surface area contributed by atoms with Crippen molar-refractivity contribution in [3.05, 3.63) is 34.4 Å². The van der Waals surface area contributed by atoms with E-state index >= 15 is 0 Å². The van der Waals surface area contributed by atoms with E-state index in [4.69, 9.17) is 9.15 Å². The zero-order valence-corrected chi connectivity index (χ0v) is 22.3. The molecule has 2 heterocycles. The first-order valence-electron chi connectivity index (χ1n) is 14.7. The predicted octanol–water partition coefficient (Wildman–Crippen LogP) is 4.17. The van der Waals surface area contributed by atoms with Crippen LogP contribution in [0.1, 0.15) is 83.1 Å². The molecule has 5 aliphatic rings. The predicted molar refractivity (Wildman–Crippen MR) is 140 cm³/mol. The van der Waals surface area contributed by atoms with E-state index in [-0.39, 0.29) is 17.0 Å². The minimum Gasteiger partial charge on any atom is -0.431 e. The highest BCUT2D eigenvalue weighted by Gasteiger charge is 2.67. The second kappa shape index (κ2) is 9.52. The highest BCUT2D eigenvalue weighted by molar-refractivity contribution is 5.27. The molecule has 2 N–H and O–H groups in total. The maximum atomic E-state index is 12.4. The van der Waals surface area contributed by atoms with Gasteiger partial charge in [0.05, 0.1) is 25.1 Å². The van der Waals surface area contributed by atoms with Crippen molar-refractivity contribution in [2.24, 2.45) is 28.6 Å². The van der Waals surface area contributed by atoms with E-state index in [1.165, 1.54) is 32.1 Å². The quantitative estimate of drug-likeness (QED) is 0.635. The standard InChI is InChI=1S/C30H46N2O4/c1-28-10-7-23(31-13-14-32-15-17-35-18-16-32)19-22(28)4-5-26-25(28)8-11-29(2)24(9-12-30(26,29)34)21-3-6-27(33)36-20-21/h3,6,20,22-26,31,34H,4-5,7-19H2,1-2H3/t22?,23?,24-,25?,26?,28+,29-,30+/m1/s1. The van der Waals surface area contributed by atoms with Crippen LogP contribution >= 0.6 is 0 Å². The van der Waals surface area contributed by atoms with Gasteiger partial charge >= 0.3 is 5.63 Å². The molecule has 8 atom stereocenters. The fourth-order valence-corrected chi connectivity index (χ4v) is 9.76. The van der Waals surface area contributed by atoms with Gasteiger partial charge in [-0.05, 0) is 98.5 Å². The first kappa shape index (κ1) is 25.1. The van der Waals surface area contributed by atoms with Crippen molar-refractivity contribution in [1.82, 2.24) is 10.2 Å². The zero-order valence-electron chi connectivity index (χ0n) is 22.3. The zero-order chi connectivity index (χ0) is 25.0. The molecule has 0 aromatic carbocycles. The minimum absolute atomic E-state index is 0.143. The lowest BCUT2D eigenvalue weighted by molar-refractivity contribution is -0.202. The number of fused-ring (bicyclic) bond motifs is 5. The lowest BCUT2D eigenvalue weighted by Gasteiger charge is -2.64. The molecule has 5 fully saturated rings. The van der Waals surface area contributed by atoms with Crippen molar-refractivity contribution < 1.29 is 14.3 Å². The molecule has 1 saturated heterocycles. The Morgan fingerprint density at radius 3 is 2.64 bits per heavy atom. The summed E-state index contributed by atoms with van der Waals surface area (Å²) in [5.74, 6) is 2.05. The van der Waals surface area contributed by atoms with E-state index in [1.54, 1.807) is 12.3 Å². The van der Waals surface area contributed by atoms with Crippen LogP contribution in [0.15, 0.2) is 27.6 Å². The molecule has 1 aromatic heterocycles. The molecule has 4 unspecified atom stereocenters. The van der Waals surface area contributed by atoms with E-state index in [9.17, 15) is 9.90 Å². The molecule has 6 nitrogen and oxygen atoms in total. The maximum absolute atomic E-state index is 12.4. The van der Waals surface area contributed by atoms with E-state index in [2.05, 4.69) is 24.1 Å². The van der Waals surface area contributed by atoms with Gasteiger partial charge in [0.1, 0.15) is 0 Å². The van der Waals surface area contributed by atoms with Gasteiger partial charge in [-0.25, -0.2) is 4.79 Å². The van der Waals surface area contributed by atoms with Crippen LogP contribution < -0.4 is 10.9 Å². The second-order valence-electron chi connectivity index (χ2n) is 13.2. The summed E-state index contributed by atoms with van der Waals surface area (Å²) in [6.45, 7) is 11.0. The fraction of sp³-hybridized carbons (Fsp3) is 0.833. The van der Waals surface area contributed by atoms with Gasteiger partial charge in [-0.1, -0.05) is 13.8 Å². The number of nitrogens with zero attached hydrogens (tertiary/aromatic N) is 1. The number of hydrogen-bond donors (Lipinski definition) is 2. The number of morpholine rings is 1. The maximum Gasteiger partial charge on any atom is 0.335 e.